The van der Waals surface area contributed by atoms with Gasteiger partial charge in [0, 0.05) is 38.9 Å². The number of hydrogen-bond acceptors (Lipinski definition) is 3. The first kappa shape index (κ1) is 21.7. The Hall–Kier alpha value is -1.35. The van der Waals surface area contributed by atoms with Gasteiger partial charge < -0.3 is 20.7 Å². The van der Waals surface area contributed by atoms with E-state index in [0.29, 0.717) is 12.1 Å². The van der Waals surface area contributed by atoms with Crippen LogP contribution in [0.4, 0.5) is 0 Å². The average molecular weight is 460 g/mol. The van der Waals surface area contributed by atoms with Gasteiger partial charge in [-0.25, -0.2) is 0 Å². The van der Waals surface area contributed by atoms with Crippen molar-refractivity contribution in [3.63, 3.8) is 0 Å². The van der Waals surface area contributed by atoms with Gasteiger partial charge in [-0.3, -0.25) is 9.79 Å². The smallest absolute Gasteiger partial charge is 0.251 e. The number of guanidine groups is 1. The van der Waals surface area contributed by atoms with E-state index >= 15 is 0 Å². The zero-order valence-electron chi connectivity index (χ0n) is 15.0. The van der Waals surface area contributed by atoms with Gasteiger partial charge in [0.1, 0.15) is 0 Å². The number of aliphatic imine (C=N–C) groups is 1. The van der Waals surface area contributed by atoms with E-state index in [1.165, 1.54) is 0 Å². The van der Waals surface area contributed by atoms with Crippen molar-refractivity contribution in [2.45, 2.75) is 31.8 Å². The molecule has 0 radical (unpaired) electrons. The molecule has 1 aromatic carbocycles. The SMILES string of the molecule is CN=C(NCCCNC(=O)c1ccccc1)NCC1(C)CCCO1.I. The van der Waals surface area contributed by atoms with Gasteiger partial charge in [-0.15, -0.1) is 24.0 Å². The highest BCUT2D eigenvalue weighted by molar-refractivity contribution is 14.0. The number of carbonyl (C=O) groups is 1. The van der Waals surface area contributed by atoms with Gasteiger partial charge in [0.25, 0.3) is 5.91 Å². The second-order valence-electron chi connectivity index (χ2n) is 6.23. The standard InChI is InChI=1S/C18H28N4O2.HI/c1-18(10-6-13-24-18)14-22-17(19-2)21-12-7-11-20-16(23)15-8-4-3-5-9-15;/h3-5,8-9H,6-7,10-14H2,1-2H3,(H,20,23)(H2,19,21,22);1H. The lowest BCUT2D eigenvalue weighted by Crippen LogP contribution is -2.46. The van der Waals surface area contributed by atoms with Crippen LogP contribution in [0.2, 0.25) is 0 Å². The summed E-state index contributed by atoms with van der Waals surface area (Å²) in [5, 5.41) is 9.47. The van der Waals surface area contributed by atoms with Gasteiger partial charge in [0.05, 0.1) is 5.60 Å². The Kier molecular flexibility index (Phi) is 9.81. The second kappa shape index (κ2) is 11.3. The molecule has 0 saturated carbocycles. The minimum absolute atomic E-state index is 0. The number of halogens is 1. The number of nitrogens with one attached hydrogen (secondary N) is 3. The van der Waals surface area contributed by atoms with Crippen LogP contribution >= 0.6 is 24.0 Å². The van der Waals surface area contributed by atoms with E-state index < -0.39 is 0 Å². The molecule has 0 aromatic heterocycles. The Morgan fingerprint density at radius 2 is 1.92 bits per heavy atom. The van der Waals surface area contributed by atoms with Crippen LogP contribution in [0.5, 0.6) is 0 Å². The fourth-order valence-corrected chi connectivity index (χ4v) is 2.66. The van der Waals surface area contributed by atoms with Crippen LogP contribution in [0.25, 0.3) is 0 Å². The third-order valence-corrected chi connectivity index (χ3v) is 4.12. The Balaban J connectivity index is 0.00000312. The number of benzene rings is 1. The second-order valence-corrected chi connectivity index (χ2v) is 6.23. The number of ether oxygens (including phenoxy) is 1. The molecular formula is C18H29IN4O2. The summed E-state index contributed by atoms with van der Waals surface area (Å²) < 4.78 is 5.75. The van der Waals surface area contributed by atoms with E-state index in [-0.39, 0.29) is 35.5 Å². The van der Waals surface area contributed by atoms with Crippen molar-refractivity contribution < 1.29 is 9.53 Å². The molecular weight excluding hydrogens is 431 g/mol. The van der Waals surface area contributed by atoms with Crippen molar-refractivity contribution in [2.75, 3.05) is 33.3 Å². The van der Waals surface area contributed by atoms with Crippen LogP contribution in [-0.4, -0.2) is 50.8 Å². The Morgan fingerprint density at radius 3 is 2.56 bits per heavy atom. The summed E-state index contributed by atoms with van der Waals surface area (Å²) in [5.41, 5.74) is 0.592. The lowest BCUT2D eigenvalue weighted by molar-refractivity contribution is 0.0243. The predicted molar refractivity (Wildman–Crippen MR) is 112 cm³/mol. The zero-order valence-corrected chi connectivity index (χ0v) is 17.3. The minimum atomic E-state index is -0.0960. The van der Waals surface area contributed by atoms with Crippen LogP contribution in [0.15, 0.2) is 35.3 Å². The highest BCUT2D eigenvalue weighted by atomic mass is 127. The normalized spacial score (nSPS) is 19.8. The van der Waals surface area contributed by atoms with Crippen molar-refractivity contribution >= 4 is 35.8 Å². The van der Waals surface area contributed by atoms with Gasteiger partial charge in [-0.2, -0.15) is 0 Å². The molecule has 1 fully saturated rings. The van der Waals surface area contributed by atoms with Crippen molar-refractivity contribution in [3.8, 4) is 0 Å². The van der Waals surface area contributed by atoms with Crippen molar-refractivity contribution in [2.24, 2.45) is 4.99 Å². The average Bonchev–Trinajstić information content (AvgIpc) is 3.04. The van der Waals surface area contributed by atoms with Gasteiger partial charge in [-0.1, -0.05) is 18.2 Å². The summed E-state index contributed by atoms with van der Waals surface area (Å²) in [4.78, 5) is 16.1. The third kappa shape index (κ3) is 7.60. The molecule has 1 aromatic rings. The molecule has 6 nitrogen and oxygen atoms in total. The maximum atomic E-state index is 11.9. The highest BCUT2D eigenvalue weighted by Crippen LogP contribution is 2.23. The summed E-state index contributed by atoms with van der Waals surface area (Å²) in [7, 11) is 1.75. The largest absolute Gasteiger partial charge is 0.373 e. The quantitative estimate of drug-likeness (QED) is 0.252. The van der Waals surface area contributed by atoms with Crippen molar-refractivity contribution in [1.82, 2.24) is 16.0 Å². The lowest BCUT2D eigenvalue weighted by atomic mass is 10.0. The van der Waals surface area contributed by atoms with E-state index in [1.54, 1.807) is 7.05 Å². The molecule has 1 amide bonds. The van der Waals surface area contributed by atoms with Crippen molar-refractivity contribution in [1.29, 1.82) is 0 Å². The zero-order chi connectivity index (χ0) is 17.3. The van der Waals surface area contributed by atoms with Crippen LogP contribution < -0.4 is 16.0 Å². The Morgan fingerprint density at radius 1 is 1.20 bits per heavy atom. The number of nitrogens with zero attached hydrogens (tertiary/aromatic N) is 1. The number of hydrogen-bond donors (Lipinski definition) is 3. The number of amides is 1. The molecule has 1 heterocycles. The topological polar surface area (TPSA) is 74.8 Å². The molecule has 7 heteroatoms. The molecule has 0 aliphatic carbocycles. The molecule has 25 heavy (non-hydrogen) atoms. The van der Waals surface area contributed by atoms with E-state index in [4.69, 9.17) is 4.74 Å². The Bertz CT molecular complexity index is 545. The molecule has 1 unspecified atom stereocenters. The molecule has 1 saturated heterocycles. The van der Waals surface area contributed by atoms with E-state index in [1.807, 2.05) is 30.3 Å². The summed E-state index contributed by atoms with van der Waals surface area (Å²) in [6.07, 6.45) is 3.01. The number of carbonyl (C=O) groups excluding carboxylic acids is 1. The highest BCUT2D eigenvalue weighted by Gasteiger charge is 2.29. The van der Waals surface area contributed by atoms with Crippen LogP contribution in [0.1, 0.15) is 36.5 Å². The Labute approximate surface area is 167 Å². The third-order valence-electron chi connectivity index (χ3n) is 4.12. The fourth-order valence-electron chi connectivity index (χ4n) is 2.66. The molecule has 0 spiro atoms. The first-order valence-electron chi connectivity index (χ1n) is 8.55. The van der Waals surface area contributed by atoms with Crippen LogP contribution in [0.3, 0.4) is 0 Å². The monoisotopic (exact) mass is 460 g/mol. The van der Waals surface area contributed by atoms with Crippen molar-refractivity contribution in [3.05, 3.63) is 35.9 Å². The summed E-state index contributed by atoms with van der Waals surface area (Å²) >= 11 is 0. The fraction of sp³-hybridized carbons (Fsp3) is 0.556. The van der Waals surface area contributed by atoms with E-state index in [0.717, 1.165) is 44.9 Å². The minimum Gasteiger partial charge on any atom is -0.373 e. The number of rotatable bonds is 7. The molecule has 2 rings (SSSR count). The van der Waals surface area contributed by atoms with Gasteiger partial charge in [0.15, 0.2) is 5.96 Å². The first-order chi connectivity index (χ1) is 11.6. The summed E-state index contributed by atoms with van der Waals surface area (Å²) in [6.45, 7) is 5.08. The van der Waals surface area contributed by atoms with Gasteiger partial charge >= 0.3 is 0 Å². The maximum Gasteiger partial charge on any atom is 0.251 e. The van der Waals surface area contributed by atoms with Crippen LogP contribution in [-0.2, 0) is 4.74 Å². The summed E-state index contributed by atoms with van der Waals surface area (Å²) in [6, 6.07) is 9.24. The first-order valence-corrected chi connectivity index (χ1v) is 8.55. The van der Waals surface area contributed by atoms with Gasteiger partial charge in [0.2, 0.25) is 0 Å². The molecule has 1 atom stereocenters. The molecule has 140 valence electrons. The molecule has 0 bridgehead atoms. The summed E-state index contributed by atoms with van der Waals surface area (Å²) in [5.74, 6) is 0.727. The predicted octanol–water partition coefficient (Wildman–Crippen LogP) is 2.16. The van der Waals surface area contributed by atoms with Gasteiger partial charge in [-0.05, 0) is 38.3 Å². The molecule has 1 aliphatic rings. The molecule has 3 N–H and O–H groups in total. The molecule has 1 aliphatic heterocycles. The van der Waals surface area contributed by atoms with E-state index in [2.05, 4.69) is 27.9 Å². The maximum absolute atomic E-state index is 11.9. The van der Waals surface area contributed by atoms with E-state index in [9.17, 15) is 4.79 Å². The lowest BCUT2D eigenvalue weighted by Gasteiger charge is -2.24. The van der Waals surface area contributed by atoms with Crippen LogP contribution in [0, 0.1) is 0 Å².